The lowest BCUT2D eigenvalue weighted by Crippen LogP contribution is -2.30. The van der Waals surface area contributed by atoms with Crippen molar-refractivity contribution in [1.82, 2.24) is 5.32 Å². The number of rotatable bonds is 4. The average molecular weight is 233 g/mol. The van der Waals surface area contributed by atoms with Gasteiger partial charge in [0, 0.05) is 12.1 Å². The Morgan fingerprint density at radius 2 is 2.12 bits per heavy atom. The van der Waals surface area contributed by atoms with E-state index in [4.69, 9.17) is 0 Å². The van der Waals surface area contributed by atoms with Gasteiger partial charge in [-0.25, -0.2) is 0 Å². The molecular formula is C15H23NO. The van der Waals surface area contributed by atoms with Gasteiger partial charge < -0.3 is 10.4 Å². The van der Waals surface area contributed by atoms with Crippen LogP contribution in [0.3, 0.4) is 0 Å². The van der Waals surface area contributed by atoms with Crippen molar-refractivity contribution in [3.05, 3.63) is 29.3 Å². The van der Waals surface area contributed by atoms with Gasteiger partial charge in [-0.1, -0.05) is 26.0 Å². The van der Waals surface area contributed by atoms with Crippen LogP contribution < -0.4 is 5.32 Å². The summed E-state index contributed by atoms with van der Waals surface area (Å²) in [6, 6.07) is 6.83. The molecule has 2 N–H and O–H groups in total. The average Bonchev–Trinajstić information content (AvgIpc) is 2.62. The van der Waals surface area contributed by atoms with E-state index in [-0.39, 0.29) is 0 Å². The highest BCUT2D eigenvalue weighted by atomic mass is 16.3. The molecule has 2 nitrogen and oxygen atoms in total. The summed E-state index contributed by atoms with van der Waals surface area (Å²) in [4.78, 5) is 0. The molecule has 0 saturated carbocycles. The highest BCUT2D eigenvalue weighted by molar-refractivity contribution is 5.44. The first-order chi connectivity index (χ1) is 8.08. The van der Waals surface area contributed by atoms with Gasteiger partial charge >= 0.3 is 0 Å². The maximum Gasteiger partial charge on any atom is 0.119 e. The van der Waals surface area contributed by atoms with E-state index < -0.39 is 0 Å². The molecular weight excluding hydrogens is 210 g/mol. The number of fused-ring (bicyclic) bond motifs is 1. The second-order valence-corrected chi connectivity index (χ2v) is 5.63. The molecule has 0 bridgehead atoms. The van der Waals surface area contributed by atoms with Gasteiger partial charge in [-0.3, -0.25) is 0 Å². The highest BCUT2D eigenvalue weighted by Gasteiger charge is 2.25. The quantitative estimate of drug-likeness (QED) is 0.835. The number of benzene rings is 1. The Bertz CT molecular complexity index is 387. The lowest BCUT2D eigenvalue weighted by molar-refractivity contribution is 0.393. The number of aromatic hydroxyl groups is 1. The molecule has 2 atom stereocenters. The van der Waals surface area contributed by atoms with E-state index >= 15 is 0 Å². The predicted molar refractivity (Wildman–Crippen MR) is 71.2 cm³/mol. The first-order valence-corrected chi connectivity index (χ1v) is 6.64. The van der Waals surface area contributed by atoms with E-state index in [0.29, 0.717) is 17.8 Å². The second kappa shape index (κ2) is 5.09. The molecule has 1 aromatic carbocycles. The number of hydrogen-bond donors (Lipinski definition) is 2. The van der Waals surface area contributed by atoms with Crippen LogP contribution >= 0.6 is 0 Å². The highest BCUT2D eigenvalue weighted by Crippen LogP contribution is 2.36. The summed E-state index contributed by atoms with van der Waals surface area (Å²) >= 11 is 0. The van der Waals surface area contributed by atoms with Gasteiger partial charge in [-0.05, 0) is 49.3 Å². The Hall–Kier alpha value is -1.02. The molecule has 0 spiro atoms. The fourth-order valence-corrected chi connectivity index (χ4v) is 2.93. The first kappa shape index (κ1) is 12.4. The van der Waals surface area contributed by atoms with Crippen molar-refractivity contribution in [2.45, 2.75) is 52.1 Å². The smallest absolute Gasteiger partial charge is 0.119 e. The molecule has 94 valence electrons. The van der Waals surface area contributed by atoms with Gasteiger partial charge in [0.1, 0.15) is 5.75 Å². The minimum Gasteiger partial charge on any atom is -0.508 e. The van der Waals surface area contributed by atoms with Gasteiger partial charge in [0.15, 0.2) is 0 Å². The Morgan fingerprint density at radius 1 is 1.35 bits per heavy atom. The summed E-state index contributed by atoms with van der Waals surface area (Å²) in [5, 5.41) is 13.5. The predicted octanol–water partition coefficient (Wildman–Crippen LogP) is 3.40. The molecule has 0 saturated heterocycles. The largest absolute Gasteiger partial charge is 0.508 e. The lowest BCUT2D eigenvalue weighted by atomic mass is 10.0. The van der Waals surface area contributed by atoms with Crippen molar-refractivity contribution in [3.8, 4) is 5.75 Å². The monoisotopic (exact) mass is 233 g/mol. The molecule has 1 aromatic rings. The Kier molecular flexibility index (Phi) is 3.72. The molecule has 0 heterocycles. The zero-order valence-electron chi connectivity index (χ0n) is 11.0. The first-order valence-electron chi connectivity index (χ1n) is 6.64. The molecule has 0 radical (unpaired) electrons. The Labute approximate surface area is 104 Å². The molecule has 1 aliphatic carbocycles. The van der Waals surface area contributed by atoms with E-state index in [1.165, 1.54) is 12.0 Å². The van der Waals surface area contributed by atoms with Gasteiger partial charge in [-0.2, -0.15) is 0 Å². The lowest BCUT2D eigenvalue weighted by Gasteiger charge is -2.21. The van der Waals surface area contributed by atoms with Crippen LogP contribution in [-0.4, -0.2) is 11.1 Å². The van der Waals surface area contributed by atoms with E-state index in [1.807, 2.05) is 6.07 Å². The summed E-state index contributed by atoms with van der Waals surface area (Å²) < 4.78 is 0. The normalized spacial score (nSPS) is 20.6. The number of nitrogens with one attached hydrogen (secondary N) is 1. The van der Waals surface area contributed by atoms with E-state index in [2.05, 4.69) is 32.2 Å². The van der Waals surface area contributed by atoms with Crippen LogP contribution in [0.25, 0.3) is 0 Å². The summed E-state index contributed by atoms with van der Waals surface area (Å²) in [5.41, 5.74) is 2.43. The van der Waals surface area contributed by atoms with E-state index in [1.54, 1.807) is 6.07 Å². The van der Waals surface area contributed by atoms with Crippen molar-refractivity contribution >= 4 is 0 Å². The van der Waals surface area contributed by atoms with Crippen LogP contribution in [0, 0.1) is 5.92 Å². The summed E-state index contributed by atoms with van der Waals surface area (Å²) in [6.45, 7) is 6.76. The van der Waals surface area contributed by atoms with Crippen LogP contribution in [0.4, 0.5) is 0 Å². The number of phenols is 1. The molecule has 17 heavy (non-hydrogen) atoms. The van der Waals surface area contributed by atoms with Gasteiger partial charge in [0.05, 0.1) is 0 Å². The minimum atomic E-state index is 0.422. The maximum atomic E-state index is 9.80. The Morgan fingerprint density at radius 3 is 2.82 bits per heavy atom. The molecule has 2 rings (SSSR count). The third-order valence-electron chi connectivity index (χ3n) is 3.56. The molecule has 2 heteroatoms. The van der Waals surface area contributed by atoms with Crippen molar-refractivity contribution in [2.75, 3.05) is 0 Å². The molecule has 2 unspecified atom stereocenters. The van der Waals surface area contributed by atoms with Crippen molar-refractivity contribution in [1.29, 1.82) is 0 Å². The van der Waals surface area contributed by atoms with Crippen molar-refractivity contribution in [3.63, 3.8) is 0 Å². The van der Waals surface area contributed by atoms with Crippen LogP contribution in [0.5, 0.6) is 5.75 Å². The standard InChI is InChI=1S/C15H23NO/c1-10(2)9-11(3)16-14-8-7-13-12(14)5-4-6-15(13)17/h4-6,10-11,14,16-17H,7-9H2,1-3H3. The van der Waals surface area contributed by atoms with Gasteiger partial charge in [0.25, 0.3) is 0 Å². The number of hydrogen-bond acceptors (Lipinski definition) is 2. The molecule has 0 aromatic heterocycles. The van der Waals surface area contributed by atoms with E-state index in [0.717, 1.165) is 24.3 Å². The van der Waals surface area contributed by atoms with Crippen molar-refractivity contribution in [2.24, 2.45) is 5.92 Å². The fraction of sp³-hybridized carbons (Fsp3) is 0.600. The summed E-state index contributed by atoms with van der Waals surface area (Å²) in [5.74, 6) is 1.19. The zero-order chi connectivity index (χ0) is 12.4. The zero-order valence-corrected chi connectivity index (χ0v) is 11.0. The van der Waals surface area contributed by atoms with Gasteiger partial charge in [0.2, 0.25) is 0 Å². The van der Waals surface area contributed by atoms with E-state index in [9.17, 15) is 5.11 Å². The molecule has 0 aliphatic heterocycles. The van der Waals surface area contributed by atoms with Crippen molar-refractivity contribution < 1.29 is 5.11 Å². The van der Waals surface area contributed by atoms with Gasteiger partial charge in [-0.15, -0.1) is 0 Å². The van der Waals surface area contributed by atoms with Crippen LogP contribution in [0.15, 0.2) is 18.2 Å². The van der Waals surface area contributed by atoms with Crippen LogP contribution in [0.1, 0.15) is 50.8 Å². The maximum absolute atomic E-state index is 9.80. The number of phenolic OH excluding ortho intramolecular Hbond substituents is 1. The fourth-order valence-electron chi connectivity index (χ4n) is 2.93. The molecule has 0 fully saturated rings. The summed E-state index contributed by atoms with van der Waals surface area (Å²) in [6.07, 6.45) is 3.30. The Balaban J connectivity index is 2.05. The second-order valence-electron chi connectivity index (χ2n) is 5.63. The SMILES string of the molecule is CC(C)CC(C)NC1CCc2c(O)cccc21. The van der Waals surface area contributed by atoms with Crippen LogP contribution in [-0.2, 0) is 6.42 Å². The summed E-state index contributed by atoms with van der Waals surface area (Å²) in [7, 11) is 0. The molecule has 1 aliphatic rings. The third kappa shape index (κ3) is 2.81. The minimum absolute atomic E-state index is 0.422. The van der Waals surface area contributed by atoms with Crippen LogP contribution in [0.2, 0.25) is 0 Å². The third-order valence-corrected chi connectivity index (χ3v) is 3.56. The topological polar surface area (TPSA) is 32.3 Å². The molecule has 0 amide bonds.